The molecule has 0 aliphatic carbocycles. The molecule has 0 atom stereocenters. The quantitative estimate of drug-likeness (QED) is 0.427. The number of anilines is 1. The van der Waals surface area contributed by atoms with Gasteiger partial charge in [-0.2, -0.15) is 9.78 Å². The average Bonchev–Trinajstić information content (AvgIpc) is 3.36. The molecule has 5 nitrogen and oxygen atoms in total. The molecule has 8 heteroatoms. The summed E-state index contributed by atoms with van der Waals surface area (Å²) in [5, 5.41) is 10.7. The Balaban J connectivity index is 1.75. The topological polar surface area (TPSA) is 59.8 Å². The number of thiazole rings is 1. The van der Waals surface area contributed by atoms with Gasteiger partial charge in [-0.05, 0) is 12.1 Å². The number of carbonyl (C=O) groups is 1. The van der Waals surface area contributed by atoms with Gasteiger partial charge in [0, 0.05) is 27.6 Å². The Morgan fingerprint density at radius 1 is 1.04 bits per heavy atom. The van der Waals surface area contributed by atoms with Gasteiger partial charge in [0.25, 0.3) is 0 Å². The highest BCUT2D eigenvalue weighted by Crippen LogP contribution is 2.29. The number of nitrogens with one attached hydrogen (secondary N) is 1. The summed E-state index contributed by atoms with van der Waals surface area (Å²) in [4.78, 5) is 16.5. The number of amides is 1. The predicted molar refractivity (Wildman–Crippen MR) is 114 cm³/mol. The highest BCUT2D eigenvalue weighted by Gasteiger charge is 2.16. The number of halogens is 2. The van der Waals surface area contributed by atoms with E-state index in [2.05, 4.69) is 15.4 Å². The summed E-state index contributed by atoms with van der Waals surface area (Å²) < 4.78 is 1.62. The van der Waals surface area contributed by atoms with Crippen molar-refractivity contribution in [2.75, 3.05) is 11.2 Å². The van der Waals surface area contributed by atoms with E-state index in [0.29, 0.717) is 21.7 Å². The van der Waals surface area contributed by atoms with Crippen molar-refractivity contribution in [2.45, 2.75) is 0 Å². The van der Waals surface area contributed by atoms with Gasteiger partial charge in [-0.15, -0.1) is 22.9 Å². The van der Waals surface area contributed by atoms with Gasteiger partial charge in [-0.1, -0.05) is 54.1 Å². The number of hydrogen-bond donors (Lipinski definition) is 1. The normalized spacial score (nSPS) is 10.8. The third-order valence-corrected chi connectivity index (χ3v) is 5.29. The SMILES string of the molecule is O=C(CCl)Nc1cc(-c2ccc(Cl)cc2)nn1-c1nc(-c2ccccc2)cs1. The zero-order chi connectivity index (χ0) is 19.5. The van der Waals surface area contributed by atoms with E-state index in [1.165, 1.54) is 11.3 Å². The van der Waals surface area contributed by atoms with Crippen LogP contribution in [0.25, 0.3) is 27.6 Å². The molecule has 2 aromatic carbocycles. The van der Waals surface area contributed by atoms with Crippen LogP contribution in [0.2, 0.25) is 5.02 Å². The van der Waals surface area contributed by atoms with Crippen LogP contribution >= 0.6 is 34.5 Å². The predicted octanol–water partition coefficient (Wildman–Crippen LogP) is 5.49. The average molecular weight is 429 g/mol. The molecule has 0 bridgehead atoms. The number of benzene rings is 2. The first-order valence-corrected chi connectivity index (χ1v) is 10.2. The van der Waals surface area contributed by atoms with Gasteiger partial charge < -0.3 is 5.32 Å². The largest absolute Gasteiger partial charge is 0.309 e. The summed E-state index contributed by atoms with van der Waals surface area (Å²) in [6, 6.07) is 19.0. The summed E-state index contributed by atoms with van der Waals surface area (Å²) in [6.07, 6.45) is 0. The second kappa shape index (κ2) is 8.14. The van der Waals surface area contributed by atoms with Gasteiger partial charge in [-0.3, -0.25) is 4.79 Å². The maximum absolute atomic E-state index is 11.9. The number of hydrogen-bond acceptors (Lipinski definition) is 4. The monoisotopic (exact) mass is 428 g/mol. The maximum atomic E-state index is 11.9. The van der Waals surface area contributed by atoms with Gasteiger partial charge in [-0.25, -0.2) is 4.98 Å². The zero-order valence-electron chi connectivity index (χ0n) is 14.5. The van der Waals surface area contributed by atoms with Gasteiger partial charge in [0.15, 0.2) is 0 Å². The molecule has 1 N–H and O–H groups in total. The zero-order valence-corrected chi connectivity index (χ0v) is 16.8. The first kappa shape index (κ1) is 18.7. The van der Waals surface area contributed by atoms with E-state index in [1.807, 2.05) is 47.8 Å². The van der Waals surface area contributed by atoms with E-state index in [1.54, 1.807) is 22.9 Å². The fourth-order valence-electron chi connectivity index (χ4n) is 2.66. The molecule has 2 aromatic heterocycles. The minimum Gasteiger partial charge on any atom is -0.309 e. The van der Waals surface area contributed by atoms with Gasteiger partial charge in [0.05, 0.1) is 11.4 Å². The fourth-order valence-corrected chi connectivity index (χ4v) is 3.65. The molecule has 0 saturated carbocycles. The molecule has 28 heavy (non-hydrogen) atoms. The number of carbonyl (C=O) groups excluding carboxylic acids is 1. The number of alkyl halides is 1. The van der Waals surface area contributed by atoms with Gasteiger partial charge in [0.2, 0.25) is 11.0 Å². The standard InChI is InChI=1S/C20H14Cl2N4OS/c21-11-19(27)24-18-10-16(14-6-8-15(22)9-7-14)25-26(18)20-23-17(12-28-20)13-4-2-1-3-5-13/h1-10,12H,11H2,(H,24,27). The summed E-state index contributed by atoms with van der Waals surface area (Å²) in [6.45, 7) is 0. The lowest BCUT2D eigenvalue weighted by Gasteiger charge is -2.04. The van der Waals surface area contributed by atoms with Crippen LogP contribution in [-0.2, 0) is 4.79 Å². The molecule has 0 radical (unpaired) electrons. The Morgan fingerprint density at radius 3 is 2.46 bits per heavy atom. The van der Waals surface area contributed by atoms with Crippen molar-refractivity contribution in [3.63, 3.8) is 0 Å². The summed E-state index contributed by atoms with van der Waals surface area (Å²) in [7, 11) is 0. The first-order valence-electron chi connectivity index (χ1n) is 8.37. The van der Waals surface area contributed by atoms with Gasteiger partial charge >= 0.3 is 0 Å². The van der Waals surface area contributed by atoms with E-state index in [4.69, 9.17) is 23.2 Å². The highest BCUT2D eigenvalue weighted by molar-refractivity contribution is 7.12. The number of nitrogens with zero attached hydrogens (tertiary/aromatic N) is 3. The van der Waals surface area contributed by atoms with Crippen molar-refractivity contribution < 1.29 is 4.79 Å². The van der Waals surface area contributed by atoms with Crippen molar-refractivity contribution in [3.8, 4) is 27.6 Å². The third kappa shape index (κ3) is 3.94. The second-order valence-corrected chi connectivity index (χ2v) is 7.44. The van der Waals surface area contributed by atoms with Crippen LogP contribution in [0.3, 0.4) is 0 Å². The number of rotatable bonds is 5. The first-order chi connectivity index (χ1) is 13.6. The lowest BCUT2D eigenvalue weighted by Crippen LogP contribution is -2.15. The van der Waals surface area contributed by atoms with E-state index in [9.17, 15) is 4.79 Å². The van der Waals surface area contributed by atoms with E-state index in [-0.39, 0.29) is 11.8 Å². The molecule has 4 aromatic rings. The summed E-state index contributed by atoms with van der Waals surface area (Å²) in [5.74, 6) is 0.0454. The fraction of sp³-hybridized carbons (Fsp3) is 0.0500. The van der Waals surface area contributed by atoms with E-state index in [0.717, 1.165) is 16.8 Å². The Bertz CT molecular complexity index is 1110. The van der Waals surface area contributed by atoms with Crippen molar-refractivity contribution >= 4 is 46.3 Å². The maximum Gasteiger partial charge on any atom is 0.240 e. The van der Waals surface area contributed by atoms with Crippen LogP contribution in [0.1, 0.15) is 0 Å². The van der Waals surface area contributed by atoms with Crippen LogP contribution < -0.4 is 5.32 Å². The summed E-state index contributed by atoms with van der Waals surface area (Å²) >= 11 is 13.1. The molecule has 0 aliphatic rings. The molecule has 0 saturated heterocycles. The molecule has 140 valence electrons. The van der Waals surface area contributed by atoms with Crippen molar-refractivity contribution in [1.82, 2.24) is 14.8 Å². The third-order valence-electron chi connectivity index (χ3n) is 3.98. The highest BCUT2D eigenvalue weighted by atomic mass is 35.5. The Labute approximate surface area is 175 Å². The Morgan fingerprint density at radius 2 is 1.75 bits per heavy atom. The molecule has 0 aliphatic heterocycles. The molecular formula is C20H14Cl2N4OS. The molecular weight excluding hydrogens is 415 g/mol. The summed E-state index contributed by atoms with van der Waals surface area (Å²) in [5.41, 5.74) is 3.43. The van der Waals surface area contributed by atoms with Crippen molar-refractivity contribution in [2.24, 2.45) is 0 Å². The van der Waals surface area contributed by atoms with Crippen molar-refractivity contribution in [1.29, 1.82) is 0 Å². The lowest BCUT2D eigenvalue weighted by molar-refractivity contribution is -0.114. The minimum atomic E-state index is -0.315. The van der Waals surface area contributed by atoms with Crippen molar-refractivity contribution in [3.05, 3.63) is 71.1 Å². The van der Waals surface area contributed by atoms with Crippen LogP contribution in [0.5, 0.6) is 0 Å². The smallest absolute Gasteiger partial charge is 0.240 e. The van der Waals surface area contributed by atoms with Crippen LogP contribution in [0, 0.1) is 0 Å². The molecule has 0 fully saturated rings. The molecule has 0 spiro atoms. The Hall–Kier alpha value is -2.67. The van der Waals surface area contributed by atoms with E-state index >= 15 is 0 Å². The number of aromatic nitrogens is 3. The van der Waals surface area contributed by atoms with Crippen LogP contribution in [0.4, 0.5) is 5.82 Å². The van der Waals surface area contributed by atoms with Gasteiger partial charge in [0.1, 0.15) is 11.7 Å². The molecule has 2 heterocycles. The minimum absolute atomic E-state index is 0.144. The lowest BCUT2D eigenvalue weighted by atomic mass is 10.1. The molecule has 0 unspecified atom stereocenters. The second-order valence-electron chi connectivity index (χ2n) is 5.90. The van der Waals surface area contributed by atoms with E-state index < -0.39 is 0 Å². The van der Waals surface area contributed by atoms with Crippen LogP contribution in [-0.4, -0.2) is 26.6 Å². The molecule has 4 rings (SSSR count). The van der Waals surface area contributed by atoms with Crippen LogP contribution in [0.15, 0.2) is 66.0 Å². The Kier molecular flexibility index (Phi) is 5.43. The molecule has 1 amide bonds.